The van der Waals surface area contributed by atoms with Crippen LogP contribution in [0, 0.1) is 5.82 Å². The van der Waals surface area contributed by atoms with Gasteiger partial charge < -0.3 is 5.73 Å². The van der Waals surface area contributed by atoms with Crippen LogP contribution in [0.2, 0.25) is 5.02 Å². The SMILES string of the molecule is CC(C)(C)c1cc(N)nc(Cc2c(F)cccc2Cl)n1. The first kappa shape index (κ1) is 14.7. The van der Waals surface area contributed by atoms with Crippen LogP contribution in [0.3, 0.4) is 0 Å². The summed E-state index contributed by atoms with van der Waals surface area (Å²) in [6.45, 7) is 6.11. The summed E-state index contributed by atoms with van der Waals surface area (Å²) in [4.78, 5) is 8.63. The number of benzene rings is 1. The number of hydrogen-bond donors (Lipinski definition) is 1. The van der Waals surface area contributed by atoms with Crippen molar-refractivity contribution in [2.75, 3.05) is 5.73 Å². The van der Waals surface area contributed by atoms with Crippen LogP contribution in [-0.2, 0) is 11.8 Å². The fourth-order valence-electron chi connectivity index (χ4n) is 1.84. The van der Waals surface area contributed by atoms with E-state index in [1.54, 1.807) is 18.2 Å². The highest BCUT2D eigenvalue weighted by Gasteiger charge is 2.18. The molecule has 0 unspecified atom stereocenters. The zero-order valence-electron chi connectivity index (χ0n) is 11.7. The van der Waals surface area contributed by atoms with E-state index in [9.17, 15) is 4.39 Å². The molecule has 0 aliphatic heterocycles. The summed E-state index contributed by atoms with van der Waals surface area (Å²) in [5.74, 6) is 0.496. The number of anilines is 1. The number of aromatic nitrogens is 2. The van der Waals surface area contributed by atoms with Gasteiger partial charge in [0.05, 0.1) is 5.69 Å². The summed E-state index contributed by atoms with van der Waals surface area (Å²) in [6, 6.07) is 6.34. The third-order valence-electron chi connectivity index (χ3n) is 2.96. The molecule has 2 rings (SSSR count). The van der Waals surface area contributed by atoms with Crippen molar-refractivity contribution in [3.63, 3.8) is 0 Å². The van der Waals surface area contributed by atoms with Crippen molar-refractivity contribution in [2.24, 2.45) is 0 Å². The van der Waals surface area contributed by atoms with Crippen LogP contribution >= 0.6 is 11.6 Å². The van der Waals surface area contributed by atoms with Gasteiger partial charge in [-0.3, -0.25) is 0 Å². The Morgan fingerprint density at radius 1 is 1.25 bits per heavy atom. The van der Waals surface area contributed by atoms with E-state index in [1.165, 1.54) is 6.07 Å². The van der Waals surface area contributed by atoms with Gasteiger partial charge in [0.15, 0.2) is 0 Å². The van der Waals surface area contributed by atoms with Gasteiger partial charge in [0.25, 0.3) is 0 Å². The van der Waals surface area contributed by atoms with Crippen LogP contribution in [0.4, 0.5) is 10.2 Å². The van der Waals surface area contributed by atoms with E-state index in [0.717, 1.165) is 5.69 Å². The molecule has 5 heteroatoms. The zero-order valence-corrected chi connectivity index (χ0v) is 12.5. The van der Waals surface area contributed by atoms with Crippen LogP contribution < -0.4 is 5.73 Å². The second-order valence-electron chi connectivity index (χ2n) is 5.72. The summed E-state index contributed by atoms with van der Waals surface area (Å²) in [5, 5.41) is 0.369. The van der Waals surface area contributed by atoms with Crippen molar-refractivity contribution in [2.45, 2.75) is 32.6 Å². The van der Waals surface area contributed by atoms with Gasteiger partial charge in [0, 0.05) is 28.5 Å². The molecular weight excluding hydrogens is 277 g/mol. The minimum atomic E-state index is -0.360. The molecule has 0 saturated carbocycles. The van der Waals surface area contributed by atoms with E-state index in [2.05, 4.69) is 9.97 Å². The van der Waals surface area contributed by atoms with Gasteiger partial charge in [-0.25, -0.2) is 14.4 Å². The Balaban J connectivity index is 2.42. The fraction of sp³-hybridized carbons (Fsp3) is 0.333. The number of halogens is 2. The molecule has 2 aromatic rings. The van der Waals surface area contributed by atoms with E-state index in [1.807, 2.05) is 20.8 Å². The molecule has 106 valence electrons. The standard InChI is InChI=1S/C15H17ClFN3/c1-15(2,3)12-8-13(18)20-14(19-12)7-9-10(16)5-4-6-11(9)17/h4-6,8H,7H2,1-3H3,(H2,18,19,20). The molecular formula is C15H17ClFN3. The van der Waals surface area contributed by atoms with Gasteiger partial charge in [0.1, 0.15) is 17.5 Å². The van der Waals surface area contributed by atoms with Crippen LogP contribution in [0.1, 0.15) is 37.9 Å². The maximum absolute atomic E-state index is 13.8. The largest absolute Gasteiger partial charge is 0.384 e. The maximum atomic E-state index is 13.8. The quantitative estimate of drug-likeness (QED) is 0.917. The molecule has 1 heterocycles. The highest BCUT2D eigenvalue weighted by molar-refractivity contribution is 6.31. The van der Waals surface area contributed by atoms with Crippen LogP contribution in [0.15, 0.2) is 24.3 Å². The van der Waals surface area contributed by atoms with Crippen LogP contribution in [0.5, 0.6) is 0 Å². The minimum absolute atomic E-state index is 0.148. The number of nitrogens with two attached hydrogens (primary N) is 1. The average Bonchev–Trinajstić information content (AvgIpc) is 2.32. The molecule has 1 aromatic carbocycles. The Hall–Kier alpha value is -1.68. The second kappa shape index (κ2) is 5.37. The molecule has 0 aliphatic rings. The van der Waals surface area contributed by atoms with E-state index in [4.69, 9.17) is 17.3 Å². The molecule has 20 heavy (non-hydrogen) atoms. The first-order valence-corrected chi connectivity index (χ1v) is 6.72. The highest BCUT2D eigenvalue weighted by Crippen LogP contribution is 2.24. The predicted octanol–water partition coefficient (Wildman–Crippen LogP) is 3.74. The predicted molar refractivity (Wildman–Crippen MR) is 79.4 cm³/mol. The smallest absolute Gasteiger partial charge is 0.135 e. The normalized spacial score (nSPS) is 11.7. The van der Waals surface area contributed by atoms with Gasteiger partial charge in [-0.1, -0.05) is 38.4 Å². The summed E-state index contributed by atoms with van der Waals surface area (Å²) < 4.78 is 13.8. The average molecular weight is 294 g/mol. The van der Waals surface area contributed by atoms with Crippen molar-refractivity contribution >= 4 is 17.4 Å². The van der Waals surface area contributed by atoms with E-state index < -0.39 is 0 Å². The van der Waals surface area contributed by atoms with E-state index in [-0.39, 0.29) is 17.7 Å². The molecule has 0 bridgehead atoms. The van der Waals surface area contributed by atoms with Crippen molar-refractivity contribution in [1.29, 1.82) is 0 Å². The van der Waals surface area contributed by atoms with Gasteiger partial charge in [-0.15, -0.1) is 0 Å². The van der Waals surface area contributed by atoms with Crippen molar-refractivity contribution in [1.82, 2.24) is 9.97 Å². The van der Waals surface area contributed by atoms with Gasteiger partial charge in [-0.05, 0) is 12.1 Å². The summed E-state index contributed by atoms with van der Waals surface area (Å²) >= 11 is 6.02. The van der Waals surface area contributed by atoms with Gasteiger partial charge in [0.2, 0.25) is 0 Å². The summed E-state index contributed by atoms with van der Waals surface area (Å²) in [5.41, 5.74) is 6.87. The van der Waals surface area contributed by atoms with Crippen molar-refractivity contribution in [3.05, 3.63) is 52.2 Å². The number of rotatable bonds is 2. The van der Waals surface area contributed by atoms with E-state index >= 15 is 0 Å². The first-order chi connectivity index (χ1) is 9.27. The lowest BCUT2D eigenvalue weighted by molar-refractivity contribution is 0.562. The van der Waals surface area contributed by atoms with Crippen LogP contribution in [-0.4, -0.2) is 9.97 Å². The first-order valence-electron chi connectivity index (χ1n) is 6.34. The lowest BCUT2D eigenvalue weighted by atomic mass is 9.92. The molecule has 0 amide bonds. The highest BCUT2D eigenvalue weighted by atomic mass is 35.5. The molecule has 0 radical (unpaired) electrons. The third-order valence-corrected chi connectivity index (χ3v) is 3.31. The summed E-state index contributed by atoms with van der Waals surface area (Å²) in [6.07, 6.45) is 0.222. The molecule has 0 fully saturated rings. The van der Waals surface area contributed by atoms with Crippen molar-refractivity contribution < 1.29 is 4.39 Å². The minimum Gasteiger partial charge on any atom is -0.384 e. The molecule has 3 nitrogen and oxygen atoms in total. The Morgan fingerprint density at radius 2 is 1.95 bits per heavy atom. The maximum Gasteiger partial charge on any atom is 0.135 e. The Labute approximate surface area is 123 Å². The number of hydrogen-bond acceptors (Lipinski definition) is 3. The van der Waals surface area contributed by atoms with Crippen LogP contribution in [0.25, 0.3) is 0 Å². The third kappa shape index (κ3) is 3.25. The molecule has 0 spiro atoms. The molecule has 1 aromatic heterocycles. The molecule has 2 N–H and O–H groups in total. The fourth-order valence-corrected chi connectivity index (χ4v) is 2.07. The molecule has 0 atom stereocenters. The van der Waals surface area contributed by atoms with Crippen molar-refractivity contribution in [3.8, 4) is 0 Å². The Morgan fingerprint density at radius 3 is 2.55 bits per heavy atom. The monoisotopic (exact) mass is 293 g/mol. The summed E-state index contributed by atoms with van der Waals surface area (Å²) in [7, 11) is 0. The second-order valence-corrected chi connectivity index (χ2v) is 6.13. The lowest BCUT2D eigenvalue weighted by Gasteiger charge is -2.18. The topological polar surface area (TPSA) is 51.8 Å². The number of nitrogen functional groups attached to an aromatic ring is 1. The van der Waals surface area contributed by atoms with Gasteiger partial charge >= 0.3 is 0 Å². The molecule has 0 aliphatic carbocycles. The zero-order chi connectivity index (χ0) is 14.9. The molecule has 0 saturated heterocycles. The Bertz CT molecular complexity index is 615. The Kier molecular flexibility index (Phi) is 3.95. The van der Waals surface area contributed by atoms with E-state index in [0.29, 0.717) is 22.2 Å². The van der Waals surface area contributed by atoms with Gasteiger partial charge in [-0.2, -0.15) is 0 Å². The number of nitrogens with zero attached hydrogens (tertiary/aromatic N) is 2. The lowest BCUT2D eigenvalue weighted by Crippen LogP contribution is -2.16.